The minimum absolute atomic E-state index is 0.231. The van der Waals surface area contributed by atoms with Crippen molar-refractivity contribution in [2.24, 2.45) is 23.0 Å². The zero-order valence-corrected chi connectivity index (χ0v) is 24.2. The second-order valence-electron chi connectivity index (χ2n) is 13.1. The molecule has 4 amide bonds. The van der Waals surface area contributed by atoms with E-state index in [1.165, 1.54) is 4.90 Å². The number of hydrogen-bond donors (Lipinski definition) is 3. The number of carbonyl (C=O) groups is 5. The molecule has 2 fully saturated rings. The Morgan fingerprint density at radius 3 is 1.89 bits per heavy atom. The Kier molecular flexibility index (Phi) is 10.7. The number of Topliss-reactive ketones (excluding diaryl/α,β-unsaturated/α-hetero) is 1. The molecule has 4 N–H and O–H groups in total. The van der Waals surface area contributed by atoms with Crippen molar-refractivity contribution >= 4 is 29.6 Å². The highest BCUT2D eigenvalue weighted by Gasteiger charge is 2.41. The number of primary amides is 1. The molecule has 10 nitrogen and oxygen atoms in total. The molecular formula is C28H48N4O6. The highest BCUT2D eigenvalue weighted by atomic mass is 16.6. The minimum atomic E-state index is -1.09. The molecule has 216 valence electrons. The van der Waals surface area contributed by atoms with Crippen molar-refractivity contribution in [1.29, 1.82) is 0 Å². The molecular weight excluding hydrogens is 488 g/mol. The van der Waals surface area contributed by atoms with Crippen molar-refractivity contribution in [2.45, 2.75) is 124 Å². The molecule has 0 aromatic rings. The molecule has 2 aliphatic carbocycles. The second-order valence-corrected chi connectivity index (χ2v) is 13.1. The van der Waals surface area contributed by atoms with Gasteiger partial charge in [0.05, 0.1) is 6.04 Å². The van der Waals surface area contributed by atoms with E-state index in [9.17, 15) is 24.0 Å². The van der Waals surface area contributed by atoms with Crippen LogP contribution in [0.5, 0.6) is 0 Å². The van der Waals surface area contributed by atoms with E-state index in [4.69, 9.17) is 10.5 Å². The summed E-state index contributed by atoms with van der Waals surface area (Å²) in [7, 11) is 0. The fourth-order valence-corrected chi connectivity index (χ4v) is 5.05. The lowest BCUT2D eigenvalue weighted by Crippen LogP contribution is -2.61. The lowest BCUT2D eigenvalue weighted by molar-refractivity contribution is -0.145. The van der Waals surface area contributed by atoms with E-state index in [0.29, 0.717) is 13.0 Å². The van der Waals surface area contributed by atoms with E-state index in [2.05, 4.69) is 10.6 Å². The van der Waals surface area contributed by atoms with E-state index in [1.807, 2.05) is 20.8 Å². The molecule has 0 aromatic heterocycles. The molecule has 10 heteroatoms. The standard InChI is InChI=1S/C28H48N4O6/c1-17(24(35)30-20(21(33)23(29)34)15-18-13-10-14-18)32(16-19-11-8-9-12-19)25(36)22(27(2,3)4)31-26(37)38-28(5,6)7/h17-20,22H,8-16H2,1-7H3,(H2,29,34)(H,30,35)(H,31,37)/t17-,20?,22-/m1/s1. The first-order valence-corrected chi connectivity index (χ1v) is 13.9. The van der Waals surface area contributed by atoms with E-state index >= 15 is 0 Å². The summed E-state index contributed by atoms with van der Waals surface area (Å²) in [6.07, 6.45) is 6.57. The normalized spacial score (nSPS) is 19.0. The molecule has 3 atom stereocenters. The lowest BCUT2D eigenvalue weighted by Gasteiger charge is -2.39. The number of amides is 4. The Balaban J connectivity index is 2.29. The molecule has 0 saturated heterocycles. The summed E-state index contributed by atoms with van der Waals surface area (Å²) < 4.78 is 5.41. The molecule has 2 rings (SSSR count). The number of nitrogens with one attached hydrogen (secondary N) is 2. The first kappa shape index (κ1) is 31.6. The Morgan fingerprint density at radius 1 is 0.895 bits per heavy atom. The van der Waals surface area contributed by atoms with Gasteiger partial charge in [0, 0.05) is 6.54 Å². The first-order valence-electron chi connectivity index (χ1n) is 13.9. The maximum Gasteiger partial charge on any atom is 0.408 e. The van der Waals surface area contributed by atoms with Gasteiger partial charge < -0.3 is 26.0 Å². The van der Waals surface area contributed by atoms with E-state index in [1.54, 1.807) is 27.7 Å². The molecule has 2 saturated carbocycles. The third kappa shape index (κ3) is 9.27. The molecule has 0 radical (unpaired) electrons. The average Bonchev–Trinajstić information content (AvgIpc) is 3.27. The molecule has 1 unspecified atom stereocenters. The van der Waals surface area contributed by atoms with Crippen LogP contribution in [0.4, 0.5) is 4.79 Å². The summed E-state index contributed by atoms with van der Waals surface area (Å²) in [6.45, 7) is 12.7. The van der Waals surface area contributed by atoms with Crippen LogP contribution in [0.2, 0.25) is 0 Å². The highest BCUT2D eigenvalue weighted by molar-refractivity contribution is 6.37. The molecule has 0 aromatic carbocycles. The highest BCUT2D eigenvalue weighted by Crippen LogP contribution is 2.31. The van der Waals surface area contributed by atoms with Crippen molar-refractivity contribution in [1.82, 2.24) is 15.5 Å². The van der Waals surface area contributed by atoms with Crippen LogP contribution >= 0.6 is 0 Å². The first-order chi connectivity index (χ1) is 17.5. The van der Waals surface area contributed by atoms with Crippen molar-refractivity contribution in [3.05, 3.63) is 0 Å². The second kappa shape index (κ2) is 12.9. The summed E-state index contributed by atoms with van der Waals surface area (Å²) in [5.41, 5.74) is 3.85. The topological polar surface area (TPSA) is 148 Å². The maximum atomic E-state index is 14.0. The van der Waals surface area contributed by atoms with Crippen LogP contribution in [0.15, 0.2) is 0 Å². The van der Waals surface area contributed by atoms with E-state index in [0.717, 1.165) is 44.9 Å². The molecule has 0 aliphatic heterocycles. The minimum Gasteiger partial charge on any atom is -0.444 e. The number of nitrogens with two attached hydrogens (primary N) is 1. The van der Waals surface area contributed by atoms with Gasteiger partial charge >= 0.3 is 6.09 Å². The zero-order valence-electron chi connectivity index (χ0n) is 24.2. The number of alkyl carbamates (subject to hydrolysis) is 1. The summed E-state index contributed by atoms with van der Waals surface area (Å²) >= 11 is 0. The third-order valence-corrected chi connectivity index (χ3v) is 7.50. The van der Waals surface area contributed by atoms with Gasteiger partial charge in [0.2, 0.25) is 17.6 Å². The molecule has 0 bridgehead atoms. The van der Waals surface area contributed by atoms with E-state index in [-0.39, 0.29) is 11.8 Å². The van der Waals surface area contributed by atoms with Gasteiger partial charge in [-0.05, 0) is 64.2 Å². The fraction of sp³-hybridized carbons (Fsp3) is 0.821. The van der Waals surface area contributed by atoms with Gasteiger partial charge in [-0.1, -0.05) is 52.9 Å². The zero-order chi connectivity index (χ0) is 28.8. The summed E-state index contributed by atoms with van der Waals surface area (Å²) in [5, 5.41) is 5.44. The van der Waals surface area contributed by atoms with E-state index < -0.39 is 58.7 Å². The largest absolute Gasteiger partial charge is 0.444 e. The number of carbonyl (C=O) groups excluding carboxylic acids is 5. The van der Waals surface area contributed by atoms with Crippen molar-refractivity contribution in [3.8, 4) is 0 Å². The predicted octanol–water partition coefficient (Wildman–Crippen LogP) is 3.06. The van der Waals surface area contributed by atoms with Gasteiger partial charge in [-0.2, -0.15) is 0 Å². The third-order valence-electron chi connectivity index (χ3n) is 7.50. The Morgan fingerprint density at radius 2 is 1.45 bits per heavy atom. The Labute approximate surface area is 227 Å². The molecule has 0 heterocycles. The molecule has 38 heavy (non-hydrogen) atoms. The smallest absolute Gasteiger partial charge is 0.408 e. The lowest BCUT2D eigenvalue weighted by atomic mass is 9.80. The Hall–Kier alpha value is -2.65. The summed E-state index contributed by atoms with van der Waals surface area (Å²) in [4.78, 5) is 65.8. The van der Waals surface area contributed by atoms with Gasteiger partial charge in [0.25, 0.3) is 5.91 Å². The van der Waals surface area contributed by atoms with Crippen LogP contribution in [0.25, 0.3) is 0 Å². The van der Waals surface area contributed by atoms with Crippen LogP contribution in [0.1, 0.15) is 99.8 Å². The molecule has 0 spiro atoms. The Bertz CT molecular complexity index is 881. The number of nitrogens with zero attached hydrogens (tertiary/aromatic N) is 1. The van der Waals surface area contributed by atoms with Crippen molar-refractivity contribution in [3.63, 3.8) is 0 Å². The SMILES string of the molecule is C[C@H](C(=O)NC(CC1CCC1)C(=O)C(N)=O)N(CC1CCCC1)C(=O)[C@@H](NC(=O)OC(C)(C)C)C(C)(C)C. The van der Waals surface area contributed by atoms with Gasteiger partial charge in [-0.25, -0.2) is 4.79 Å². The summed E-state index contributed by atoms with van der Waals surface area (Å²) in [5.74, 6) is -2.36. The summed E-state index contributed by atoms with van der Waals surface area (Å²) in [6, 6.07) is -2.90. The van der Waals surface area contributed by atoms with Crippen LogP contribution in [-0.4, -0.2) is 64.8 Å². The quantitative estimate of drug-likeness (QED) is 0.346. The number of hydrogen-bond acceptors (Lipinski definition) is 6. The van der Waals surface area contributed by atoms with Crippen LogP contribution < -0.4 is 16.4 Å². The van der Waals surface area contributed by atoms with Crippen LogP contribution in [0, 0.1) is 17.3 Å². The number of rotatable bonds is 11. The maximum absolute atomic E-state index is 14.0. The monoisotopic (exact) mass is 536 g/mol. The van der Waals surface area contributed by atoms with Crippen molar-refractivity contribution < 1.29 is 28.7 Å². The van der Waals surface area contributed by atoms with Gasteiger partial charge in [0.1, 0.15) is 17.7 Å². The van der Waals surface area contributed by atoms with Crippen molar-refractivity contribution in [2.75, 3.05) is 6.54 Å². The van der Waals surface area contributed by atoms with Gasteiger partial charge in [0.15, 0.2) is 0 Å². The average molecular weight is 537 g/mol. The van der Waals surface area contributed by atoms with Crippen LogP contribution in [0.3, 0.4) is 0 Å². The van der Waals surface area contributed by atoms with Gasteiger partial charge in [-0.3, -0.25) is 19.2 Å². The predicted molar refractivity (Wildman–Crippen MR) is 144 cm³/mol. The van der Waals surface area contributed by atoms with Crippen LogP contribution in [-0.2, 0) is 23.9 Å². The number of ketones is 1. The fourth-order valence-electron chi connectivity index (χ4n) is 5.05. The molecule has 2 aliphatic rings. The number of ether oxygens (including phenoxy) is 1. The van der Waals surface area contributed by atoms with Gasteiger partial charge in [-0.15, -0.1) is 0 Å².